The molecule has 2 fully saturated rings. The Labute approximate surface area is 153 Å². The zero-order valence-electron chi connectivity index (χ0n) is 15.3. The molecule has 0 saturated carbocycles. The van der Waals surface area contributed by atoms with Gasteiger partial charge in [0.25, 0.3) is 5.91 Å². The van der Waals surface area contributed by atoms with Crippen LogP contribution in [0.2, 0.25) is 0 Å². The predicted molar refractivity (Wildman–Crippen MR) is 95.2 cm³/mol. The standard InChI is InChI=1S/C19H26N2O5/c1-3-10-20-11-8-19(9-12-20)21(15(13-26-19)18(23)24)17(22)14-6-4-5-7-16(14)25-2/h4-7,15H,3,8-13H2,1-2H3,(H,23,24)/t15-/m0/s1. The van der Waals surface area contributed by atoms with E-state index in [1.165, 1.54) is 12.0 Å². The molecule has 3 rings (SSSR count). The van der Waals surface area contributed by atoms with Crippen LogP contribution in [0, 0.1) is 0 Å². The number of methoxy groups -OCH3 is 1. The number of amides is 1. The number of likely N-dealkylation sites (tertiary alicyclic amines) is 1. The van der Waals surface area contributed by atoms with Gasteiger partial charge in [0.2, 0.25) is 0 Å². The summed E-state index contributed by atoms with van der Waals surface area (Å²) in [6, 6.07) is 5.92. The van der Waals surface area contributed by atoms with E-state index in [-0.39, 0.29) is 12.5 Å². The maximum absolute atomic E-state index is 13.3. The van der Waals surface area contributed by atoms with Crippen LogP contribution in [-0.4, -0.2) is 71.9 Å². The first kappa shape index (κ1) is 18.7. The lowest BCUT2D eigenvalue weighted by Crippen LogP contribution is -2.58. The summed E-state index contributed by atoms with van der Waals surface area (Å²) in [5.41, 5.74) is -0.493. The van der Waals surface area contributed by atoms with E-state index in [0.717, 1.165) is 26.1 Å². The van der Waals surface area contributed by atoms with E-state index in [4.69, 9.17) is 9.47 Å². The van der Waals surface area contributed by atoms with Gasteiger partial charge >= 0.3 is 5.97 Å². The molecule has 1 amide bonds. The maximum atomic E-state index is 13.3. The minimum atomic E-state index is -1.04. The van der Waals surface area contributed by atoms with Crippen LogP contribution in [0.15, 0.2) is 24.3 Å². The number of aliphatic carboxylic acids is 1. The zero-order chi connectivity index (χ0) is 18.7. The van der Waals surface area contributed by atoms with Gasteiger partial charge in [-0.3, -0.25) is 9.69 Å². The van der Waals surface area contributed by atoms with E-state index < -0.39 is 17.7 Å². The fraction of sp³-hybridized carbons (Fsp3) is 0.579. The summed E-state index contributed by atoms with van der Waals surface area (Å²) in [4.78, 5) is 28.9. The van der Waals surface area contributed by atoms with Crippen molar-refractivity contribution >= 4 is 11.9 Å². The highest BCUT2D eigenvalue weighted by atomic mass is 16.5. The summed E-state index contributed by atoms with van der Waals surface area (Å²) in [7, 11) is 1.50. The monoisotopic (exact) mass is 362 g/mol. The number of carboxylic acid groups (broad SMARTS) is 1. The van der Waals surface area contributed by atoms with Crippen LogP contribution in [0.3, 0.4) is 0 Å². The molecule has 7 nitrogen and oxygen atoms in total. The van der Waals surface area contributed by atoms with E-state index in [9.17, 15) is 14.7 Å². The van der Waals surface area contributed by atoms with Gasteiger partial charge in [-0.15, -0.1) is 0 Å². The van der Waals surface area contributed by atoms with Gasteiger partial charge in [0.05, 0.1) is 19.3 Å². The Kier molecular flexibility index (Phi) is 5.48. The van der Waals surface area contributed by atoms with Crippen LogP contribution in [0.4, 0.5) is 0 Å². The lowest BCUT2D eigenvalue weighted by Gasteiger charge is -2.44. The fourth-order valence-corrected chi connectivity index (χ4v) is 3.95. The molecule has 1 N–H and O–H groups in total. The lowest BCUT2D eigenvalue weighted by atomic mass is 9.96. The molecular weight excluding hydrogens is 336 g/mol. The quantitative estimate of drug-likeness (QED) is 0.861. The highest BCUT2D eigenvalue weighted by Crippen LogP contribution is 2.39. The van der Waals surface area contributed by atoms with Crippen molar-refractivity contribution in [1.29, 1.82) is 0 Å². The molecule has 1 aromatic carbocycles. The minimum absolute atomic E-state index is 0.0179. The third kappa shape index (κ3) is 3.29. The second-order valence-electron chi connectivity index (χ2n) is 6.83. The van der Waals surface area contributed by atoms with Crippen molar-refractivity contribution in [1.82, 2.24) is 9.80 Å². The van der Waals surface area contributed by atoms with E-state index in [1.54, 1.807) is 24.3 Å². The van der Waals surface area contributed by atoms with Gasteiger partial charge < -0.3 is 19.5 Å². The summed E-state index contributed by atoms with van der Waals surface area (Å²) in [6.07, 6.45) is 2.28. The van der Waals surface area contributed by atoms with Crippen molar-refractivity contribution in [3.8, 4) is 5.75 Å². The van der Waals surface area contributed by atoms with Gasteiger partial charge in [-0.2, -0.15) is 0 Å². The smallest absolute Gasteiger partial charge is 0.328 e. The third-order valence-corrected chi connectivity index (χ3v) is 5.28. The molecule has 2 aliphatic rings. The molecule has 26 heavy (non-hydrogen) atoms. The number of nitrogens with zero attached hydrogens (tertiary/aromatic N) is 2. The number of para-hydroxylation sites is 1. The van der Waals surface area contributed by atoms with E-state index in [1.807, 2.05) is 0 Å². The van der Waals surface area contributed by atoms with Gasteiger partial charge in [-0.05, 0) is 25.1 Å². The average molecular weight is 362 g/mol. The lowest BCUT2D eigenvalue weighted by molar-refractivity contribution is -0.143. The van der Waals surface area contributed by atoms with Crippen LogP contribution >= 0.6 is 0 Å². The first-order valence-electron chi connectivity index (χ1n) is 9.08. The molecule has 1 aromatic rings. The van der Waals surface area contributed by atoms with Crippen LogP contribution in [0.1, 0.15) is 36.5 Å². The molecule has 2 aliphatic heterocycles. The molecule has 0 unspecified atom stereocenters. The highest BCUT2D eigenvalue weighted by molar-refractivity contribution is 5.99. The van der Waals surface area contributed by atoms with Crippen molar-refractivity contribution in [2.45, 2.75) is 38.0 Å². The number of benzene rings is 1. The molecule has 2 heterocycles. The van der Waals surface area contributed by atoms with Crippen LogP contribution in [0.25, 0.3) is 0 Å². The van der Waals surface area contributed by atoms with Crippen molar-refractivity contribution in [2.24, 2.45) is 0 Å². The van der Waals surface area contributed by atoms with Crippen molar-refractivity contribution in [2.75, 3.05) is 33.4 Å². The Morgan fingerprint density at radius 1 is 1.31 bits per heavy atom. The highest BCUT2D eigenvalue weighted by Gasteiger charge is 2.54. The maximum Gasteiger partial charge on any atom is 0.328 e. The third-order valence-electron chi connectivity index (χ3n) is 5.28. The second kappa shape index (κ2) is 7.63. The first-order valence-corrected chi connectivity index (χ1v) is 9.08. The second-order valence-corrected chi connectivity index (χ2v) is 6.83. The van der Waals surface area contributed by atoms with Gasteiger partial charge in [-0.25, -0.2) is 4.79 Å². The molecule has 0 radical (unpaired) electrons. The molecule has 1 atom stereocenters. The molecule has 7 heteroatoms. The summed E-state index contributed by atoms with van der Waals surface area (Å²) in [5.74, 6) is -0.954. The zero-order valence-corrected chi connectivity index (χ0v) is 15.3. The summed E-state index contributed by atoms with van der Waals surface area (Å²) < 4.78 is 11.3. The number of rotatable bonds is 5. The van der Waals surface area contributed by atoms with Gasteiger partial charge in [-0.1, -0.05) is 19.1 Å². The molecule has 142 valence electrons. The Balaban J connectivity index is 1.91. The summed E-state index contributed by atoms with van der Waals surface area (Å²) in [5, 5.41) is 9.64. The Hall–Kier alpha value is -2.12. The normalized spacial score (nSPS) is 22.5. The van der Waals surface area contributed by atoms with Gasteiger partial charge in [0.1, 0.15) is 11.5 Å². The molecule has 0 aromatic heterocycles. The summed E-state index contributed by atoms with van der Waals surface area (Å²) in [6.45, 7) is 4.73. The first-order chi connectivity index (χ1) is 12.5. The Bertz CT molecular complexity index is 670. The number of piperidine rings is 1. The van der Waals surface area contributed by atoms with Crippen molar-refractivity contribution in [3.05, 3.63) is 29.8 Å². The average Bonchev–Trinajstić information content (AvgIpc) is 3.02. The number of carboxylic acids is 1. The number of hydrogen-bond donors (Lipinski definition) is 1. The number of hydrogen-bond acceptors (Lipinski definition) is 5. The largest absolute Gasteiger partial charge is 0.496 e. The Morgan fingerprint density at radius 3 is 2.62 bits per heavy atom. The molecular formula is C19H26N2O5. The van der Waals surface area contributed by atoms with Crippen molar-refractivity contribution in [3.63, 3.8) is 0 Å². The van der Waals surface area contributed by atoms with Gasteiger partial charge in [0.15, 0.2) is 6.04 Å². The minimum Gasteiger partial charge on any atom is -0.496 e. The molecule has 1 spiro atoms. The molecule has 0 aliphatic carbocycles. The van der Waals surface area contributed by atoms with Crippen LogP contribution < -0.4 is 4.74 Å². The van der Waals surface area contributed by atoms with E-state index >= 15 is 0 Å². The van der Waals surface area contributed by atoms with Crippen molar-refractivity contribution < 1.29 is 24.2 Å². The molecule has 0 bridgehead atoms. The van der Waals surface area contributed by atoms with Gasteiger partial charge in [0, 0.05) is 25.9 Å². The van der Waals surface area contributed by atoms with Crippen LogP contribution in [-0.2, 0) is 9.53 Å². The number of carbonyl (C=O) groups is 2. The van der Waals surface area contributed by atoms with Crippen LogP contribution in [0.5, 0.6) is 5.75 Å². The Morgan fingerprint density at radius 2 is 2.00 bits per heavy atom. The van der Waals surface area contributed by atoms with E-state index in [2.05, 4.69) is 11.8 Å². The van der Waals surface area contributed by atoms with E-state index in [0.29, 0.717) is 24.2 Å². The fourth-order valence-electron chi connectivity index (χ4n) is 3.95. The summed E-state index contributed by atoms with van der Waals surface area (Å²) >= 11 is 0. The topological polar surface area (TPSA) is 79.3 Å². The number of ether oxygens (including phenoxy) is 2. The predicted octanol–water partition coefficient (Wildman–Crippen LogP) is 1.82. The SMILES string of the molecule is CCCN1CCC2(CC1)OC[C@@H](C(=O)O)N2C(=O)c1ccccc1OC. The number of carbonyl (C=O) groups excluding carboxylic acids is 1. The molecule has 2 saturated heterocycles.